The number of pyridine rings is 1. The Bertz CT molecular complexity index is 498. The summed E-state index contributed by atoms with van der Waals surface area (Å²) in [5.74, 6) is 0.792. The topological polar surface area (TPSA) is 69.5 Å². The highest BCUT2D eigenvalue weighted by molar-refractivity contribution is 5.77. The smallest absolute Gasteiger partial charge is 0.151 e. The molecule has 0 fully saturated rings. The zero-order valence-corrected chi connectivity index (χ0v) is 19.8. The molecular formula is C23H46N6. The largest absolute Gasteiger partial charge is 0.394 e. The van der Waals surface area contributed by atoms with Gasteiger partial charge < -0.3 is 26.2 Å². The second kappa shape index (κ2) is 14.5. The molecule has 4 N–H and O–H groups in total. The number of hydrogen-bond acceptors (Lipinski definition) is 6. The van der Waals surface area contributed by atoms with Gasteiger partial charge in [-0.25, -0.2) is 4.98 Å². The summed E-state index contributed by atoms with van der Waals surface area (Å²) in [6.07, 6.45) is 6.44. The molecule has 0 saturated carbocycles. The molecular weight excluding hydrogens is 360 g/mol. The molecule has 1 aromatic heterocycles. The van der Waals surface area contributed by atoms with Gasteiger partial charge in [0.1, 0.15) is 0 Å². The number of nitrogens with two attached hydrogens (primary N) is 1. The predicted molar refractivity (Wildman–Crippen MR) is 129 cm³/mol. The van der Waals surface area contributed by atoms with Crippen molar-refractivity contribution in [1.82, 2.24) is 14.8 Å². The predicted octanol–water partition coefficient (Wildman–Crippen LogP) is 4.51. The van der Waals surface area contributed by atoms with E-state index in [1.54, 1.807) is 0 Å². The third kappa shape index (κ3) is 9.68. The molecule has 2 atom stereocenters. The van der Waals surface area contributed by atoms with Crippen molar-refractivity contribution < 1.29 is 0 Å². The Labute approximate surface area is 179 Å². The molecule has 0 saturated heterocycles. The Kier molecular flexibility index (Phi) is 12.7. The summed E-state index contributed by atoms with van der Waals surface area (Å²) < 4.78 is 0. The summed E-state index contributed by atoms with van der Waals surface area (Å²) in [5, 5.41) is 7.08. The Balaban J connectivity index is 2.50. The molecule has 0 spiro atoms. The summed E-state index contributed by atoms with van der Waals surface area (Å²) in [4.78, 5) is 9.41. The van der Waals surface area contributed by atoms with E-state index in [1.165, 1.54) is 12.8 Å². The minimum Gasteiger partial charge on any atom is -0.394 e. The van der Waals surface area contributed by atoms with Gasteiger partial charge in [0.25, 0.3) is 0 Å². The van der Waals surface area contributed by atoms with E-state index in [0.717, 1.165) is 69.3 Å². The fraction of sp³-hybridized carbons (Fsp3) is 0.783. The molecule has 6 heteroatoms. The Morgan fingerprint density at radius 2 is 1.34 bits per heavy atom. The number of nitrogens with one attached hydrogen (secondary N) is 2. The van der Waals surface area contributed by atoms with Crippen LogP contribution in [0.5, 0.6) is 0 Å². The van der Waals surface area contributed by atoms with Crippen LogP contribution in [0.1, 0.15) is 67.2 Å². The van der Waals surface area contributed by atoms with E-state index in [2.05, 4.69) is 67.0 Å². The van der Waals surface area contributed by atoms with E-state index in [9.17, 15) is 0 Å². The van der Waals surface area contributed by atoms with Gasteiger partial charge in [0, 0.05) is 18.3 Å². The van der Waals surface area contributed by atoms with Crippen LogP contribution in [0.2, 0.25) is 0 Å². The average Bonchev–Trinajstić information content (AvgIpc) is 2.71. The van der Waals surface area contributed by atoms with Crippen molar-refractivity contribution in [2.75, 3.05) is 55.6 Å². The first-order valence-electron chi connectivity index (χ1n) is 11.7. The number of nitrogen functional groups attached to an aromatic ring is 1. The molecule has 6 nitrogen and oxygen atoms in total. The Morgan fingerprint density at radius 1 is 0.862 bits per heavy atom. The van der Waals surface area contributed by atoms with Gasteiger partial charge in [0.2, 0.25) is 0 Å². The van der Waals surface area contributed by atoms with Crippen LogP contribution < -0.4 is 16.4 Å². The monoisotopic (exact) mass is 406 g/mol. The van der Waals surface area contributed by atoms with Gasteiger partial charge in [0.05, 0.1) is 11.4 Å². The highest BCUT2D eigenvalue weighted by Crippen LogP contribution is 2.27. The van der Waals surface area contributed by atoms with E-state index in [4.69, 9.17) is 5.73 Å². The first kappa shape index (κ1) is 25.5. The van der Waals surface area contributed by atoms with Crippen LogP contribution in [0.15, 0.2) is 12.3 Å². The summed E-state index contributed by atoms with van der Waals surface area (Å²) >= 11 is 0. The number of hydrogen-bond donors (Lipinski definition) is 3. The normalized spacial score (nSPS) is 13.7. The molecule has 0 aliphatic carbocycles. The Morgan fingerprint density at radius 3 is 1.83 bits per heavy atom. The van der Waals surface area contributed by atoms with Crippen LogP contribution in [-0.4, -0.2) is 66.1 Å². The maximum absolute atomic E-state index is 6.42. The van der Waals surface area contributed by atoms with Gasteiger partial charge >= 0.3 is 0 Å². The number of aromatic nitrogens is 1. The van der Waals surface area contributed by atoms with E-state index >= 15 is 0 Å². The van der Waals surface area contributed by atoms with Crippen LogP contribution in [0.3, 0.4) is 0 Å². The molecule has 29 heavy (non-hydrogen) atoms. The molecule has 2 unspecified atom stereocenters. The molecule has 0 aliphatic rings. The van der Waals surface area contributed by atoms with E-state index in [0.29, 0.717) is 12.1 Å². The molecule has 1 aromatic rings. The fourth-order valence-corrected chi connectivity index (χ4v) is 3.68. The van der Waals surface area contributed by atoms with Gasteiger partial charge in [-0.2, -0.15) is 0 Å². The quantitative estimate of drug-likeness (QED) is 0.375. The first-order valence-corrected chi connectivity index (χ1v) is 11.7. The lowest BCUT2D eigenvalue weighted by atomic mass is 10.1. The van der Waals surface area contributed by atoms with Gasteiger partial charge in [0.15, 0.2) is 5.82 Å². The SMILES string of the molecule is CCN(CC)CCCC(C)Nc1ccnc(NC(C)CCCN(CC)CC)c1N. The minimum atomic E-state index is 0.349. The van der Waals surface area contributed by atoms with Crippen molar-refractivity contribution in [3.8, 4) is 0 Å². The lowest BCUT2D eigenvalue weighted by Gasteiger charge is -2.22. The number of rotatable bonds is 16. The molecule has 0 radical (unpaired) electrons. The highest BCUT2D eigenvalue weighted by atomic mass is 15.1. The molecule has 0 aliphatic heterocycles. The van der Waals surface area contributed by atoms with Gasteiger partial charge in [-0.15, -0.1) is 0 Å². The molecule has 168 valence electrons. The zero-order chi connectivity index (χ0) is 21.6. The van der Waals surface area contributed by atoms with Gasteiger partial charge in [-0.05, 0) is 84.9 Å². The maximum atomic E-state index is 6.42. The summed E-state index contributed by atoms with van der Waals surface area (Å²) in [6.45, 7) is 20.1. The molecule has 1 heterocycles. The highest BCUT2D eigenvalue weighted by Gasteiger charge is 2.12. The zero-order valence-electron chi connectivity index (χ0n) is 19.8. The van der Waals surface area contributed by atoms with Crippen LogP contribution in [0, 0.1) is 0 Å². The molecule has 1 rings (SSSR count). The second-order valence-corrected chi connectivity index (χ2v) is 8.05. The second-order valence-electron chi connectivity index (χ2n) is 8.05. The third-order valence-electron chi connectivity index (χ3n) is 5.79. The minimum absolute atomic E-state index is 0.349. The van der Waals surface area contributed by atoms with E-state index in [-0.39, 0.29) is 0 Å². The molecule has 0 amide bonds. The fourth-order valence-electron chi connectivity index (χ4n) is 3.68. The summed E-state index contributed by atoms with van der Waals surface area (Å²) in [5.41, 5.74) is 8.12. The van der Waals surface area contributed by atoms with E-state index < -0.39 is 0 Å². The number of nitrogens with zero attached hydrogens (tertiary/aromatic N) is 3. The van der Waals surface area contributed by atoms with Crippen LogP contribution in [-0.2, 0) is 0 Å². The Hall–Kier alpha value is -1.53. The van der Waals surface area contributed by atoms with E-state index in [1.807, 2.05) is 12.3 Å². The lowest BCUT2D eigenvalue weighted by molar-refractivity contribution is 0.295. The van der Waals surface area contributed by atoms with Crippen molar-refractivity contribution in [3.63, 3.8) is 0 Å². The van der Waals surface area contributed by atoms with Gasteiger partial charge in [-0.3, -0.25) is 0 Å². The van der Waals surface area contributed by atoms with Crippen molar-refractivity contribution in [3.05, 3.63) is 12.3 Å². The standard InChI is InChI=1S/C23H46N6/c1-7-28(8-2)17-11-13-19(5)26-21-15-16-25-23(22(21)24)27-20(6)14-12-18-29(9-3)10-4/h15-16,19-20H,7-14,17-18,24H2,1-6H3,(H2,25,26,27). The third-order valence-corrected chi connectivity index (χ3v) is 5.79. The summed E-state index contributed by atoms with van der Waals surface area (Å²) in [7, 11) is 0. The van der Waals surface area contributed by atoms with Crippen LogP contribution >= 0.6 is 0 Å². The van der Waals surface area contributed by atoms with Crippen LogP contribution in [0.4, 0.5) is 17.2 Å². The average molecular weight is 407 g/mol. The van der Waals surface area contributed by atoms with Crippen molar-refractivity contribution in [2.24, 2.45) is 0 Å². The van der Waals surface area contributed by atoms with Gasteiger partial charge in [-0.1, -0.05) is 27.7 Å². The first-order chi connectivity index (χ1) is 13.9. The maximum Gasteiger partial charge on any atom is 0.151 e. The van der Waals surface area contributed by atoms with Crippen LogP contribution in [0.25, 0.3) is 0 Å². The van der Waals surface area contributed by atoms with Crippen molar-refractivity contribution >= 4 is 17.2 Å². The van der Waals surface area contributed by atoms with Crippen molar-refractivity contribution in [1.29, 1.82) is 0 Å². The molecule has 0 aromatic carbocycles. The summed E-state index contributed by atoms with van der Waals surface area (Å²) in [6, 6.07) is 2.71. The van der Waals surface area contributed by atoms with Crippen molar-refractivity contribution in [2.45, 2.75) is 79.3 Å². The number of anilines is 3. The molecule has 0 bridgehead atoms. The lowest BCUT2D eigenvalue weighted by Crippen LogP contribution is -2.26.